The van der Waals surface area contributed by atoms with Gasteiger partial charge in [-0.1, -0.05) is 60.7 Å². The number of carbonyl (C=O) groups excluding carboxylic acids is 1. The van der Waals surface area contributed by atoms with Crippen LogP contribution in [0.4, 0.5) is 0 Å². The molecule has 1 nitrogen and oxygen atoms in total. The Labute approximate surface area is 107 Å². The van der Waals surface area contributed by atoms with E-state index < -0.39 is 0 Å². The number of benzene rings is 2. The summed E-state index contributed by atoms with van der Waals surface area (Å²) in [5.74, 6) is 1.09. The van der Waals surface area contributed by atoms with Crippen molar-refractivity contribution < 1.29 is 4.79 Å². The first-order valence-corrected chi connectivity index (χ1v) is 6.46. The van der Waals surface area contributed by atoms with Crippen LogP contribution in [0.15, 0.2) is 60.7 Å². The van der Waals surface area contributed by atoms with Gasteiger partial charge < -0.3 is 0 Å². The van der Waals surface area contributed by atoms with E-state index in [1.165, 1.54) is 5.56 Å². The molecule has 0 spiro atoms. The van der Waals surface area contributed by atoms with E-state index in [2.05, 4.69) is 12.1 Å². The quantitative estimate of drug-likeness (QED) is 0.792. The molecule has 0 radical (unpaired) electrons. The summed E-state index contributed by atoms with van der Waals surface area (Å²) >= 11 is 0. The van der Waals surface area contributed by atoms with Gasteiger partial charge >= 0.3 is 0 Å². The molecule has 1 fully saturated rings. The van der Waals surface area contributed by atoms with Crippen LogP contribution >= 0.6 is 0 Å². The minimum absolute atomic E-state index is 0.243. The van der Waals surface area contributed by atoms with Gasteiger partial charge in [-0.15, -0.1) is 0 Å². The highest BCUT2D eigenvalue weighted by Gasteiger charge is 2.42. The maximum absolute atomic E-state index is 12.2. The van der Waals surface area contributed by atoms with Crippen molar-refractivity contribution in [2.45, 2.75) is 18.8 Å². The average Bonchev–Trinajstić information content (AvgIpc) is 3.21. The van der Waals surface area contributed by atoms with Gasteiger partial charge in [0.15, 0.2) is 0 Å². The predicted molar refractivity (Wildman–Crippen MR) is 72.4 cm³/mol. The summed E-state index contributed by atoms with van der Waals surface area (Å²) < 4.78 is 0. The van der Waals surface area contributed by atoms with Crippen LogP contribution in [0.3, 0.4) is 0 Å². The average molecular weight is 236 g/mol. The van der Waals surface area contributed by atoms with Crippen molar-refractivity contribution in [2.24, 2.45) is 5.92 Å². The lowest BCUT2D eigenvalue weighted by Crippen LogP contribution is -2.06. The highest BCUT2D eigenvalue weighted by atomic mass is 16.1. The summed E-state index contributed by atoms with van der Waals surface area (Å²) in [6.07, 6.45) is 1.60. The van der Waals surface area contributed by atoms with Gasteiger partial charge in [-0.3, -0.25) is 4.79 Å². The largest absolute Gasteiger partial charge is 0.299 e. The minimum atomic E-state index is 0.243. The molecule has 2 atom stereocenters. The van der Waals surface area contributed by atoms with Crippen LogP contribution in [0.1, 0.15) is 23.5 Å². The van der Waals surface area contributed by atoms with Gasteiger partial charge in [-0.2, -0.15) is 0 Å². The third-order valence-electron chi connectivity index (χ3n) is 3.65. The van der Waals surface area contributed by atoms with Crippen molar-refractivity contribution >= 4 is 5.78 Å². The van der Waals surface area contributed by atoms with E-state index in [9.17, 15) is 4.79 Å². The van der Waals surface area contributed by atoms with E-state index in [1.807, 2.05) is 48.5 Å². The van der Waals surface area contributed by atoms with Crippen molar-refractivity contribution in [3.8, 4) is 0 Å². The Morgan fingerprint density at radius 2 is 1.56 bits per heavy atom. The van der Waals surface area contributed by atoms with E-state index in [1.54, 1.807) is 0 Å². The molecule has 0 saturated heterocycles. The van der Waals surface area contributed by atoms with Gasteiger partial charge in [0.2, 0.25) is 0 Å². The zero-order valence-corrected chi connectivity index (χ0v) is 10.3. The lowest BCUT2D eigenvalue weighted by atomic mass is 10.0. The highest BCUT2D eigenvalue weighted by molar-refractivity contribution is 5.86. The van der Waals surface area contributed by atoms with E-state index in [0.29, 0.717) is 18.1 Å². The smallest absolute Gasteiger partial charge is 0.140 e. The van der Waals surface area contributed by atoms with Gasteiger partial charge in [0.05, 0.1) is 0 Å². The van der Waals surface area contributed by atoms with Crippen LogP contribution in [0.2, 0.25) is 0 Å². The SMILES string of the molecule is O=C(Cc1ccccc1)[C@H]1C[C@@H]1c1ccccc1. The molecule has 1 heteroatoms. The summed E-state index contributed by atoms with van der Waals surface area (Å²) in [5, 5.41) is 0. The van der Waals surface area contributed by atoms with Crippen molar-refractivity contribution in [3.63, 3.8) is 0 Å². The number of Topliss-reactive ketones (excluding diaryl/α,β-unsaturated/α-hetero) is 1. The van der Waals surface area contributed by atoms with E-state index in [-0.39, 0.29) is 5.92 Å². The highest BCUT2D eigenvalue weighted by Crippen LogP contribution is 2.48. The topological polar surface area (TPSA) is 17.1 Å². The molecule has 1 aliphatic rings. The molecule has 2 aromatic rings. The lowest BCUT2D eigenvalue weighted by molar-refractivity contribution is -0.119. The molecular weight excluding hydrogens is 220 g/mol. The Morgan fingerprint density at radius 1 is 0.944 bits per heavy atom. The number of carbonyl (C=O) groups is 1. The van der Waals surface area contributed by atoms with Crippen molar-refractivity contribution in [3.05, 3.63) is 71.8 Å². The first-order chi connectivity index (χ1) is 8.84. The molecule has 0 bridgehead atoms. The molecule has 0 heterocycles. The van der Waals surface area contributed by atoms with Crippen LogP contribution in [-0.4, -0.2) is 5.78 Å². The number of rotatable bonds is 4. The van der Waals surface area contributed by atoms with Gasteiger partial charge in [0.1, 0.15) is 5.78 Å². The molecule has 3 rings (SSSR count). The molecule has 1 saturated carbocycles. The van der Waals surface area contributed by atoms with Crippen LogP contribution < -0.4 is 0 Å². The van der Waals surface area contributed by atoms with Crippen molar-refractivity contribution in [2.75, 3.05) is 0 Å². The Kier molecular flexibility index (Phi) is 2.97. The van der Waals surface area contributed by atoms with E-state index in [4.69, 9.17) is 0 Å². The summed E-state index contributed by atoms with van der Waals surface area (Å²) in [5.41, 5.74) is 2.44. The minimum Gasteiger partial charge on any atom is -0.299 e. The summed E-state index contributed by atoms with van der Waals surface area (Å²) in [4.78, 5) is 12.2. The zero-order chi connectivity index (χ0) is 12.4. The van der Waals surface area contributed by atoms with Gasteiger partial charge in [-0.25, -0.2) is 0 Å². The number of hydrogen-bond donors (Lipinski definition) is 0. The predicted octanol–water partition coefficient (Wildman–Crippen LogP) is 3.60. The van der Waals surface area contributed by atoms with Crippen molar-refractivity contribution in [1.82, 2.24) is 0 Å². The Bertz CT molecular complexity index is 530. The molecule has 0 aliphatic heterocycles. The molecule has 2 aromatic carbocycles. The third-order valence-corrected chi connectivity index (χ3v) is 3.65. The molecule has 90 valence electrons. The summed E-state index contributed by atoms with van der Waals surface area (Å²) in [6.45, 7) is 0. The summed E-state index contributed by atoms with van der Waals surface area (Å²) in [7, 11) is 0. The van der Waals surface area contributed by atoms with E-state index >= 15 is 0 Å². The summed E-state index contributed by atoms with van der Waals surface area (Å²) in [6, 6.07) is 20.4. The lowest BCUT2D eigenvalue weighted by Gasteiger charge is -2.01. The maximum Gasteiger partial charge on any atom is 0.140 e. The fraction of sp³-hybridized carbons (Fsp3) is 0.235. The second-order valence-electron chi connectivity index (χ2n) is 4.99. The molecule has 0 unspecified atom stereocenters. The first-order valence-electron chi connectivity index (χ1n) is 6.46. The third kappa shape index (κ3) is 2.35. The van der Waals surface area contributed by atoms with Gasteiger partial charge in [0.25, 0.3) is 0 Å². The van der Waals surface area contributed by atoms with Gasteiger partial charge in [0, 0.05) is 12.3 Å². The Morgan fingerprint density at radius 3 is 2.22 bits per heavy atom. The van der Waals surface area contributed by atoms with Crippen molar-refractivity contribution in [1.29, 1.82) is 0 Å². The number of ketones is 1. The van der Waals surface area contributed by atoms with Crippen LogP contribution in [0.5, 0.6) is 0 Å². The Hall–Kier alpha value is -1.89. The fourth-order valence-corrected chi connectivity index (χ4v) is 2.55. The fourth-order valence-electron chi connectivity index (χ4n) is 2.55. The second-order valence-corrected chi connectivity index (χ2v) is 4.99. The standard InChI is InChI=1S/C17H16O/c18-17(11-13-7-3-1-4-8-13)16-12-15(16)14-9-5-2-6-10-14/h1-10,15-16H,11-12H2/t15-,16+/m1/s1. The molecule has 0 aromatic heterocycles. The van der Waals surface area contributed by atoms with E-state index in [0.717, 1.165) is 12.0 Å². The molecule has 1 aliphatic carbocycles. The number of hydrogen-bond acceptors (Lipinski definition) is 1. The second kappa shape index (κ2) is 4.77. The van der Waals surface area contributed by atoms with Crippen LogP contribution in [0.25, 0.3) is 0 Å². The first kappa shape index (κ1) is 11.2. The molecule has 18 heavy (non-hydrogen) atoms. The normalized spacial score (nSPS) is 21.6. The zero-order valence-electron chi connectivity index (χ0n) is 10.3. The maximum atomic E-state index is 12.2. The van der Waals surface area contributed by atoms with Crippen LogP contribution in [0, 0.1) is 5.92 Å². The monoisotopic (exact) mass is 236 g/mol. The molecule has 0 amide bonds. The molecular formula is C17H16O. The molecule has 0 N–H and O–H groups in total. The van der Waals surface area contributed by atoms with Crippen LogP contribution in [-0.2, 0) is 11.2 Å². The van der Waals surface area contributed by atoms with Gasteiger partial charge in [-0.05, 0) is 23.5 Å². The Balaban J connectivity index is 1.63.